The van der Waals surface area contributed by atoms with Gasteiger partial charge >= 0.3 is 0 Å². The van der Waals surface area contributed by atoms with Gasteiger partial charge in [0, 0.05) is 17.8 Å². The second-order valence-electron chi connectivity index (χ2n) is 5.55. The average Bonchev–Trinajstić information content (AvgIpc) is 2.55. The highest BCUT2D eigenvalue weighted by Gasteiger charge is 2.37. The van der Waals surface area contributed by atoms with Crippen LogP contribution in [-0.4, -0.2) is 18.6 Å². The van der Waals surface area contributed by atoms with Crippen molar-refractivity contribution in [3.63, 3.8) is 0 Å². The molecule has 0 radical (unpaired) electrons. The first-order valence-electron chi connectivity index (χ1n) is 6.26. The van der Waals surface area contributed by atoms with Crippen molar-refractivity contribution in [2.24, 2.45) is 11.7 Å². The number of hydrogen-bond donors (Lipinski definition) is 1. The summed E-state index contributed by atoms with van der Waals surface area (Å²) in [5.41, 5.74) is 6.88. The first-order valence-corrected chi connectivity index (χ1v) is 6.26. The summed E-state index contributed by atoms with van der Waals surface area (Å²) >= 11 is 0. The van der Waals surface area contributed by atoms with Crippen LogP contribution in [0.25, 0.3) is 0 Å². The van der Waals surface area contributed by atoms with Crippen LogP contribution in [0.15, 0.2) is 24.3 Å². The number of anilines is 1. The van der Waals surface area contributed by atoms with Crippen LogP contribution in [0, 0.1) is 11.7 Å². The third kappa shape index (κ3) is 2.60. The van der Waals surface area contributed by atoms with Gasteiger partial charge in [-0.05, 0) is 63.4 Å². The Morgan fingerprint density at radius 1 is 1.35 bits per heavy atom. The van der Waals surface area contributed by atoms with Crippen molar-refractivity contribution < 1.29 is 4.39 Å². The Bertz CT molecular complexity index is 372. The predicted molar refractivity (Wildman–Crippen MR) is 69.6 cm³/mol. The van der Waals surface area contributed by atoms with Gasteiger partial charge in [-0.1, -0.05) is 0 Å². The van der Waals surface area contributed by atoms with E-state index < -0.39 is 0 Å². The van der Waals surface area contributed by atoms with Crippen molar-refractivity contribution in [2.45, 2.75) is 32.2 Å². The van der Waals surface area contributed by atoms with E-state index in [9.17, 15) is 4.39 Å². The molecule has 1 heterocycles. The average molecular weight is 236 g/mol. The summed E-state index contributed by atoms with van der Waals surface area (Å²) in [6, 6.07) is 6.78. The number of benzene rings is 1. The highest BCUT2D eigenvalue weighted by Crippen LogP contribution is 2.37. The lowest BCUT2D eigenvalue weighted by Crippen LogP contribution is -2.38. The molecular weight excluding hydrogens is 215 g/mol. The van der Waals surface area contributed by atoms with Crippen molar-refractivity contribution in [3.8, 4) is 0 Å². The van der Waals surface area contributed by atoms with Gasteiger partial charge in [-0.3, -0.25) is 0 Å². The first kappa shape index (κ1) is 12.4. The van der Waals surface area contributed by atoms with E-state index in [1.807, 2.05) is 12.1 Å². The molecule has 17 heavy (non-hydrogen) atoms. The Morgan fingerprint density at radius 3 is 2.59 bits per heavy atom. The number of halogens is 1. The quantitative estimate of drug-likeness (QED) is 0.874. The zero-order valence-electron chi connectivity index (χ0n) is 10.6. The number of nitrogens with two attached hydrogens (primary N) is 1. The molecule has 3 heteroatoms. The summed E-state index contributed by atoms with van der Waals surface area (Å²) in [5, 5.41) is 0. The maximum atomic E-state index is 12.9. The number of nitrogens with zero attached hydrogens (tertiary/aromatic N) is 1. The largest absolute Gasteiger partial charge is 0.366 e. The van der Waals surface area contributed by atoms with Crippen LogP contribution < -0.4 is 10.6 Å². The van der Waals surface area contributed by atoms with E-state index in [4.69, 9.17) is 5.73 Å². The van der Waals surface area contributed by atoms with E-state index >= 15 is 0 Å². The van der Waals surface area contributed by atoms with Crippen LogP contribution in [0.5, 0.6) is 0 Å². The van der Waals surface area contributed by atoms with Gasteiger partial charge in [0.25, 0.3) is 0 Å². The zero-order valence-corrected chi connectivity index (χ0v) is 10.6. The van der Waals surface area contributed by atoms with Crippen LogP contribution in [0.2, 0.25) is 0 Å². The molecule has 2 rings (SSSR count). The van der Waals surface area contributed by atoms with E-state index in [0.29, 0.717) is 5.92 Å². The molecule has 0 amide bonds. The van der Waals surface area contributed by atoms with E-state index in [1.54, 1.807) is 0 Å². The van der Waals surface area contributed by atoms with E-state index in [-0.39, 0.29) is 11.4 Å². The molecule has 1 saturated heterocycles. The third-order valence-electron chi connectivity index (χ3n) is 3.67. The lowest BCUT2D eigenvalue weighted by Gasteiger charge is -2.33. The lowest BCUT2D eigenvalue weighted by molar-refractivity contribution is 0.458. The molecule has 94 valence electrons. The highest BCUT2D eigenvalue weighted by atomic mass is 19.1. The van der Waals surface area contributed by atoms with Crippen molar-refractivity contribution >= 4 is 5.69 Å². The Labute approximate surface area is 103 Å². The molecule has 0 spiro atoms. The number of rotatable bonds is 3. The fraction of sp³-hybridized carbons (Fsp3) is 0.571. The summed E-state index contributed by atoms with van der Waals surface area (Å²) in [7, 11) is 0. The molecule has 1 aliphatic rings. The zero-order chi connectivity index (χ0) is 12.5. The maximum absolute atomic E-state index is 12.9. The Hall–Kier alpha value is -1.09. The second kappa shape index (κ2) is 4.65. The minimum atomic E-state index is -0.177. The lowest BCUT2D eigenvalue weighted by atomic mass is 9.94. The van der Waals surface area contributed by atoms with Gasteiger partial charge in [-0.25, -0.2) is 4.39 Å². The van der Waals surface area contributed by atoms with Gasteiger partial charge in [0.15, 0.2) is 0 Å². The molecule has 1 aliphatic heterocycles. The topological polar surface area (TPSA) is 29.3 Å². The Morgan fingerprint density at radius 2 is 2.00 bits per heavy atom. The summed E-state index contributed by atoms with van der Waals surface area (Å²) in [4.78, 5) is 2.37. The minimum Gasteiger partial charge on any atom is -0.366 e. The normalized spacial score (nSPS) is 23.1. The number of hydrogen-bond acceptors (Lipinski definition) is 2. The molecule has 1 aromatic carbocycles. The highest BCUT2D eigenvalue weighted by molar-refractivity contribution is 5.50. The van der Waals surface area contributed by atoms with Crippen molar-refractivity contribution in [1.82, 2.24) is 0 Å². The standard InChI is InChI=1S/C14H21FN2/c1-14(2)9-11(7-8-16)10-17(14)13-5-3-12(15)4-6-13/h3-6,11H,7-10,16H2,1-2H3. The van der Waals surface area contributed by atoms with Crippen LogP contribution in [0.1, 0.15) is 26.7 Å². The van der Waals surface area contributed by atoms with Crippen molar-refractivity contribution in [3.05, 3.63) is 30.1 Å². The third-order valence-corrected chi connectivity index (χ3v) is 3.67. The summed E-state index contributed by atoms with van der Waals surface area (Å²) in [5.74, 6) is 0.476. The summed E-state index contributed by atoms with van der Waals surface area (Å²) in [6.45, 7) is 6.26. The van der Waals surface area contributed by atoms with Crippen LogP contribution in [0.4, 0.5) is 10.1 Å². The summed E-state index contributed by atoms with van der Waals surface area (Å²) in [6.07, 6.45) is 2.22. The summed E-state index contributed by atoms with van der Waals surface area (Å²) < 4.78 is 12.9. The van der Waals surface area contributed by atoms with Gasteiger partial charge in [0.05, 0.1) is 0 Å². The van der Waals surface area contributed by atoms with Gasteiger partial charge in [-0.2, -0.15) is 0 Å². The minimum absolute atomic E-state index is 0.137. The van der Waals surface area contributed by atoms with Gasteiger partial charge < -0.3 is 10.6 Å². The van der Waals surface area contributed by atoms with Gasteiger partial charge in [0.1, 0.15) is 5.82 Å². The monoisotopic (exact) mass is 236 g/mol. The van der Waals surface area contributed by atoms with Crippen molar-refractivity contribution in [2.75, 3.05) is 18.0 Å². The molecule has 0 aromatic heterocycles. The van der Waals surface area contributed by atoms with E-state index in [2.05, 4.69) is 18.7 Å². The fourth-order valence-electron chi connectivity index (χ4n) is 2.89. The maximum Gasteiger partial charge on any atom is 0.123 e. The van der Waals surface area contributed by atoms with Gasteiger partial charge in [-0.15, -0.1) is 0 Å². The second-order valence-corrected chi connectivity index (χ2v) is 5.55. The molecule has 0 saturated carbocycles. The SMILES string of the molecule is CC1(C)CC(CCN)CN1c1ccc(F)cc1. The molecule has 1 aromatic rings. The van der Waals surface area contributed by atoms with Crippen LogP contribution >= 0.6 is 0 Å². The molecule has 2 N–H and O–H groups in total. The molecule has 2 nitrogen and oxygen atoms in total. The predicted octanol–water partition coefficient (Wildman–Crippen LogP) is 2.78. The molecule has 1 unspecified atom stereocenters. The smallest absolute Gasteiger partial charge is 0.123 e. The first-order chi connectivity index (χ1) is 8.03. The molecule has 1 fully saturated rings. The Balaban J connectivity index is 2.17. The van der Waals surface area contributed by atoms with E-state index in [1.165, 1.54) is 12.1 Å². The van der Waals surface area contributed by atoms with Crippen LogP contribution in [0.3, 0.4) is 0 Å². The molecule has 0 aliphatic carbocycles. The van der Waals surface area contributed by atoms with Crippen molar-refractivity contribution in [1.29, 1.82) is 0 Å². The van der Waals surface area contributed by atoms with E-state index in [0.717, 1.165) is 31.6 Å². The van der Waals surface area contributed by atoms with Crippen LogP contribution in [-0.2, 0) is 0 Å². The van der Waals surface area contributed by atoms with Gasteiger partial charge in [0.2, 0.25) is 0 Å². The molecular formula is C14H21FN2. The molecule has 0 bridgehead atoms. The fourth-order valence-corrected chi connectivity index (χ4v) is 2.89. The molecule has 1 atom stereocenters. The Kier molecular flexibility index (Phi) is 3.38.